The molecule has 0 aliphatic rings. The van der Waals surface area contributed by atoms with Crippen molar-refractivity contribution in [3.05, 3.63) is 29.3 Å². The molecule has 0 saturated heterocycles. The molecule has 1 aromatic carbocycles. The van der Waals surface area contributed by atoms with Crippen molar-refractivity contribution < 1.29 is 4.74 Å². The Balaban J connectivity index is 2.94. The van der Waals surface area contributed by atoms with Crippen molar-refractivity contribution in [2.24, 2.45) is 0 Å². The molecule has 0 aliphatic carbocycles. The number of ether oxygens (including phenoxy) is 1. The average molecular weight is 163 g/mol. The lowest BCUT2D eigenvalue weighted by molar-refractivity contribution is 0.338. The van der Waals surface area contributed by atoms with Crippen LogP contribution in [0.2, 0.25) is 0 Å². The lowest BCUT2D eigenvalue weighted by Crippen LogP contribution is -1.94. The molecule has 0 spiro atoms. The molecule has 0 aliphatic heterocycles. The van der Waals surface area contributed by atoms with Crippen molar-refractivity contribution in [2.45, 2.75) is 13.8 Å². The number of rotatable bonds is 3. The van der Waals surface area contributed by atoms with Crippen LogP contribution in [0.25, 0.3) is 0 Å². The summed E-state index contributed by atoms with van der Waals surface area (Å²) in [6, 6.07) is 5.72. The zero-order valence-electron chi connectivity index (χ0n) is 7.42. The number of benzene rings is 1. The van der Waals surface area contributed by atoms with Crippen molar-refractivity contribution in [3.8, 4) is 5.75 Å². The lowest BCUT2D eigenvalue weighted by atomic mass is 10.1. The van der Waals surface area contributed by atoms with Gasteiger partial charge in [-0.05, 0) is 43.2 Å². The maximum atomic E-state index is 7.05. The van der Waals surface area contributed by atoms with Gasteiger partial charge >= 0.3 is 0 Å². The molecule has 2 heteroatoms. The summed E-state index contributed by atoms with van der Waals surface area (Å²) >= 11 is 0. The Morgan fingerprint density at radius 2 is 2.25 bits per heavy atom. The van der Waals surface area contributed by atoms with Gasteiger partial charge in [0.25, 0.3) is 0 Å². The molecule has 1 rings (SSSR count). The van der Waals surface area contributed by atoms with Crippen LogP contribution in [0, 0.1) is 12.3 Å². The molecule has 0 fully saturated rings. The van der Waals surface area contributed by atoms with Gasteiger partial charge in [-0.2, -0.15) is 0 Å². The van der Waals surface area contributed by atoms with Gasteiger partial charge in [-0.25, -0.2) is 0 Å². The van der Waals surface area contributed by atoms with Crippen LogP contribution >= 0.6 is 0 Å². The molecule has 12 heavy (non-hydrogen) atoms. The summed E-state index contributed by atoms with van der Waals surface area (Å²) in [5, 5.41) is 7.05. The summed E-state index contributed by atoms with van der Waals surface area (Å²) in [6.45, 7) is 4.63. The molecule has 64 valence electrons. The molecule has 0 amide bonds. The summed E-state index contributed by atoms with van der Waals surface area (Å²) in [5.41, 5.74) is 1.99. The predicted octanol–water partition coefficient (Wildman–Crippen LogP) is 2.39. The van der Waals surface area contributed by atoms with Gasteiger partial charge in [0.15, 0.2) is 0 Å². The van der Waals surface area contributed by atoms with Gasteiger partial charge in [-0.3, -0.25) is 0 Å². The summed E-state index contributed by atoms with van der Waals surface area (Å²) in [4.78, 5) is 0. The van der Waals surface area contributed by atoms with Gasteiger partial charge in [0.1, 0.15) is 5.75 Å². The van der Waals surface area contributed by atoms with E-state index in [0.717, 1.165) is 16.9 Å². The first kappa shape index (κ1) is 8.78. The highest BCUT2D eigenvalue weighted by Crippen LogP contribution is 2.17. The zero-order valence-corrected chi connectivity index (χ0v) is 7.42. The van der Waals surface area contributed by atoms with Crippen molar-refractivity contribution in [3.63, 3.8) is 0 Å². The second kappa shape index (κ2) is 3.90. The SMILES string of the molecule is CCOc1ccc(C=N)cc1C. The van der Waals surface area contributed by atoms with Gasteiger partial charge in [0.05, 0.1) is 6.61 Å². The summed E-state index contributed by atoms with van der Waals surface area (Å²) in [5.74, 6) is 0.906. The molecule has 1 N–H and O–H groups in total. The third kappa shape index (κ3) is 1.84. The van der Waals surface area contributed by atoms with E-state index in [1.807, 2.05) is 32.0 Å². The minimum absolute atomic E-state index is 0.685. The van der Waals surface area contributed by atoms with Crippen LogP contribution in [0.3, 0.4) is 0 Å². The van der Waals surface area contributed by atoms with Crippen LogP contribution in [0.5, 0.6) is 5.75 Å². The Bertz CT molecular complexity index is 281. The van der Waals surface area contributed by atoms with Crippen LogP contribution < -0.4 is 4.74 Å². The quantitative estimate of drug-likeness (QED) is 0.682. The maximum Gasteiger partial charge on any atom is 0.122 e. The highest BCUT2D eigenvalue weighted by Gasteiger charge is 1.97. The predicted molar refractivity (Wildman–Crippen MR) is 50.2 cm³/mol. The zero-order chi connectivity index (χ0) is 8.97. The molecule has 1 aromatic rings. The fourth-order valence-electron chi connectivity index (χ4n) is 1.08. The largest absolute Gasteiger partial charge is 0.494 e. The molecular weight excluding hydrogens is 150 g/mol. The van der Waals surface area contributed by atoms with Gasteiger partial charge in [-0.1, -0.05) is 0 Å². The molecule has 0 unspecified atom stereocenters. The monoisotopic (exact) mass is 163 g/mol. The van der Waals surface area contributed by atoms with E-state index in [2.05, 4.69) is 0 Å². The summed E-state index contributed by atoms with van der Waals surface area (Å²) < 4.78 is 5.36. The number of hydrogen-bond acceptors (Lipinski definition) is 2. The minimum Gasteiger partial charge on any atom is -0.494 e. The maximum absolute atomic E-state index is 7.05. The number of nitrogens with one attached hydrogen (secondary N) is 1. The third-order valence-electron chi connectivity index (χ3n) is 1.67. The molecule has 2 nitrogen and oxygen atoms in total. The van der Waals surface area contributed by atoms with E-state index in [4.69, 9.17) is 10.1 Å². The van der Waals surface area contributed by atoms with Crippen molar-refractivity contribution in [1.29, 1.82) is 5.41 Å². The molecule has 0 heterocycles. The third-order valence-corrected chi connectivity index (χ3v) is 1.67. The number of aryl methyl sites for hydroxylation is 1. The van der Waals surface area contributed by atoms with E-state index in [-0.39, 0.29) is 0 Å². The van der Waals surface area contributed by atoms with E-state index in [0.29, 0.717) is 6.61 Å². The Kier molecular flexibility index (Phi) is 2.86. The average Bonchev–Trinajstić information content (AvgIpc) is 2.09. The highest BCUT2D eigenvalue weighted by molar-refractivity contribution is 5.77. The van der Waals surface area contributed by atoms with Gasteiger partial charge in [-0.15, -0.1) is 0 Å². The normalized spacial score (nSPS) is 9.50. The highest BCUT2D eigenvalue weighted by atomic mass is 16.5. The molecule has 0 atom stereocenters. The van der Waals surface area contributed by atoms with E-state index < -0.39 is 0 Å². The summed E-state index contributed by atoms with van der Waals surface area (Å²) in [7, 11) is 0. The molecule has 0 saturated carbocycles. The first-order valence-electron chi connectivity index (χ1n) is 4.02. The standard InChI is InChI=1S/C10H13NO/c1-3-12-10-5-4-9(7-11)6-8(10)2/h4-7,11H,3H2,1-2H3. The van der Waals surface area contributed by atoms with Crippen molar-refractivity contribution >= 4 is 6.21 Å². The Hall–Kier alpha value is -1.31. The van der Waals surface area contributed by atoms with Gasteiger partial charge in [0, 0.05) is 6.21 Å². The fraction of sp³-hybridized carbons (Fsp3) is 0.300. The van der Waals surface area contributed by atoms with E-state index in [1.54, 1.807) is 0 Å². The Labute approximate surface area is 72.7 Å². The lowest BCUT2D eigenvalue weighted by Gasteiger charge is -2.06. The van der Waals surface area contributed by atoms with Crippen molar-refractivity contribution in [2.75, 3.05) is 6.61 Å². The van der Waals surface area contributed by atoms with E-state index in [9.17, 15) is 0 Å². The molecule has 0 radical (unpaired) electrons. The summed E-state index contributed by atoms with van der Waals surface area (Å²) in [6.07, 6.45) is 1.34. The van der Waals surface area contributed by atoms with Gasteiger partial charge < -0.3 is 10.1 Å². The number of hydrogen-bond donors (Lipinski definition) is 1. The molecular formula is C10H13NO. The van der Waals surface area contributed by atoms with Crippen LogP contribution in [-0.2, 0) is 0 Å². The van der Waals surface area contributed by atoms with Crippen LogP contribution in [0.4, 0.5) is 0 Å². The van der Waals surface area contributed by atoms with E-state index >= 15 is 0 Å². The minimum atomic E-state index is 0.685. The second-order valence-corrected chi connectivity index (χ2v) is 2.60. The second-order valence-electron chi connectivity index (χ2n) is 2.60. The smallest absolute Gasteiger partial charge is 0.122 e. The first-order chi connectivity index (χ1) is 5.77. The molecule has 0 bridgehead atoms. The van der Waals surface area contributed by atoms with Crippen LogP contribution in [0.1, 0.15) is 18.1 Å². The van der Waals surface area contributed by atoms with Crippen LogP contribution in [-0.4, -0.2) is 12.8 Å². The van der Waals surface area contributed by atoms with E-state index in [1.165, 1.54) is 6.21 Å². The fourth-order valence-corrected chi connectivity index (χ4v) is 1.08. The topological polar surface area (TPSA) is 33.1 Å². The Morgan fingerprint density at radius 3 is 2.75 bits per heavy atom. The van der Waals surface area contributed by atoms with Crippen molar-refractivity contribution in [1.82, 2.24) is 0 Å². The van der Waals surface area contributed by atoms with Gasteiger partial charge in [0.2, 0.25) is 0 Å². The first-order valence-corrected chi connectivity index (χ1v) is 4.02. The molecule has 0 aromatic heterocycles. The van der Waals surface area contributed by atoms with Crippen LogP contribution in [0.15, 0.2) is 18.2 Å². The Morgan fingerprint density at radius 1 is 1.50 bits per heavy atom.